The predicted octanol–water partition coefficient (Wildman–Crippen LogP) is 4.69. The molecule has 6 nitrogen and oxygen atoms in total. The van der Waals surface area contributed by atoms with Crippen molar-refractivity contribution >= 4 is 33.6 Å². The molecule has 0 radical (unpaired) electrons. The van der Waals surface area contributed by atoms with Crippen molar-refractivity contribution in [3.63, 3.8) is 0 Å². The van der Waals surface area contributed by atoms with Gasteiger partial charge in [0.05, 0.1) is 11.0 Å². The maximum atomic E-state index is 13.0. The number of para-hydroxylation sites is 2. The molecule has 4 aromatic rings. The summed E-state index contributed by atoms with van der Waals surface area (Å²) in [5, 5.41) is 5.49. The lowest BCUT2D eigenvalue weighted by Gasteiger charge is -2.27. The van der Waals surface area contributed by atoms with Gasteiger partial charge in [-0.05, 0) is 47.7 Å². The van der Waals surface area contributed by atoms with Crippen LogP contribution in [0.25, 0.3) is 21.8 Å². The van der Waals surface area contributed by atoms with Crippen LogP contribution in [0.3, 0.4) is 0 Å². The third-order valence-electron chi connectivity index (χ3n) is 7.09. The zero-order valence-corrected chi connectivity index (χ0v) is 20.2. The Labute approximate surface area is 205 Å². The molecule has 1 aliphatic heterocycles. The van der Waals surface area contributed by atoms with Crippen molar-refractivity contribution in [3.05, 3.63) is 78.1 Å². The first kappa shape index (κ1) is 23.1. The number of nitrogens with zero attached hydrogens (tertiary/aromatic N) is 3. The Balaban J connectivity index is 1.32. The van der Waals surface area contributed by atoms with Crippen molar-refractivity contribution in [1.82, 2.24) is 19.8 Å². The highest BCUT2D eigenvalue weighted by Gasteiger charge is 2.26. The number of hydrogen-bond acceptors (Lipinski definition) is 3. The zero-order chi connectivity index (χ0) is 24.2. The van der Waals surface area contributed by atoms with E-state index in [1.807, 2.05) is 33.7 Å². The molecule has 2 amide bonds. The summed E-state index contributed by atoms with van der Waals surface area (Å²) in [4.78, 5) is 32.0. The monoisotopic (exact) mass is 468 g/mol. The van der Waals surface area contributed by atoms with Crippen LogP contribution in [0.15, 0.2) is 66.7 Å². The van der Waals surface area contributed by atoms with Gasteiger partial charge in [0, 0.05) is 32.0 Å². The van der Waals surface area contributed by atoms with Gasteiger partial charge in [-0.25, -0.2) is 4.98 Å². The number of benzene rings is 3. The Morgan fingerprint density at radius 2 is 1.86 bits per heavy atom. The summed E-state index contributed by atoms with van der Waals surface area (Å²) in [6.45, 7) is 3.73. The summed E-state index contributed by atoms with van der Waals surface area (Å²) in [5.41, 5.74) is 3.06. The van der Waals surface area contributed by atoms with Gasteiger partial charge in [-0.15, -0.1) is 0 Å². The fourth-order valence-electron chi connectivity index (χ4n) is 5.27. The highest BCUT2D eigenvalue weighted by atomic mass is 16.2. The lowest BCUT2D eigenvalue weighted by Crippen LogP contribution is -2.39. The van der Waals surface area contributed by atoms with Gasteiger partial charge < -0.3 is 14.8 Å². The Bertz CT molecular complexity index is 1350. The number of carbonyl (C=O) groups excluding carboxylic acids is 2. The van der Waals surface area contributed by atoms with Crippen molar-refractivity contribution in [2.24, 2.45) is 0 Å². The molecule has 1 unspecified atom stereocenters. The third-order valence-corrected chi connectivity index (χ3v) is 7.09. The smallest absolute Gasteiger partial charge is 0.240 e. The molecule has 1 aliphatic rings. The first-order valence-electron chi connectivity index (χ1n) is 12.6. The number of carbonyl (C=O) groups is 2. The van der Waals surface area contributed by atoms with E-state index in [9.17, 15) is 9.59 Å². The number of fused-ring (bicyclic) bond motifs is 2. The van der Waals surface area contributed by atoms with Gasteiger partial charge in [0.1, 0.15) is 12.4 Å². The Morgan fingerprint density at radius 3 is 2.69 bits per heavy atom. The molecule has 1 fully saturated rings. The second-order valence-corrected chi connectivity index (χ2v) is 9.31. The van der Waals surface area contributed by atoms with E-state index < -0.39 is 0 Å². The van der Waals surface area contributed by atoms with Crippen molar-refractivity contribution in [1.29, 1.82) is 0 Å². The quantitative estimate of drug-likeness (QED) is 0.388. The van der Waals surface area contributed by atoms with Crippen LogP contribution in [0, 0.1) is 0 Å². The topological polar surface area (TPSA) is 67.2 Å². The van der Waals surface area contributed by atoms with Crippen molar-refractivity contribution in [3.8, 4) is 0 Å². The minimum atomic E-state index is -0.0325. The van der Waals surface area contributed by atoms with Crippen molar-refractivity contribution in [2.75, 3.05) is 13.1 Å². The van der Waals surface area contributed by atoms with E-state index in [2.05, 4.69) is 54.7 Å². The number of likely N-dealkylation sites (tertiary alicyclic amines) is 1. The molecule has 1 saturated heterocycles. The summed E-state index contributed by atoms with van der Waals surface area (Å²) in [7, 11) is 0. The van der Waals surface area contributed by atoms with E-state index in [0.29, 0.717) is 19.4 Å². The van der Waals surface area contributed by atoms with E-state index in [-0.39, 0.29) is 24.4 Å². The molecule has 0 bridgehead atoms. The average Bonchev–Trinajstić information content (AvgIpc) is 3.45. The van der Waals surface area contributed by atoms with Gasteiger partial charge >= 0.3 is 0 Å². The van der Waals surface area contributed by atoms with Gasteiger partial charge in [-0.2, -0.15) is 0 Å². The minimum absolute atomic E-state index is 0.0325. The Morgan fingerprint density at radius 1 is 1.06 bits per heavy atom. The number of hydrogen-bond donors (Lipinski definition) is 1. The highest BCUT2D eigenvalue weighted by molar-refractivity contribution is 5.86. The molecule has 1 atom stereocenters. The maximum Gasteiger partial charge on any atom is 0.240 e. The standard InChI is InChI=1S/C29H32N4O2/c1-2-23(32-18-8-15-29(32)35)16-17-30-28(34)20-33-26-14-6-5-13-25(26)31-27(33)19-22-11-7-10-21-9-3-4-12-24(21)22/h3-7,9-14,23H,2,8,15-20H2,1H3,(H,30,34). The van der Waals surface area contributed by atoms with Gasteiger partial charge in [0.15, 0.2) is 0 Å². The van der Waals surface area contributed by atoms with E-state index >= 15 is 0 Å². The van der Waals surface area contributed by atoms with Gasteiger partial charge in [-0.3, -0.25) is 9.59 Å². The molecule has 180 valence electrons. The van der Waals surface area contributed by atoms with Gasteiger partial charge in [0.2, 0.25) is 11.8 Å². The van der Waals surface area contributed by atoms with Crippen LogP contribution in [0.1, 0.15) is 44.0 Å². The van der Waals surface area contributed by atoms with Crippen LogP contribution in [0.2, 0.25) is 0 Å². The number of aromatic nitrogens is 2. The molecule has 0 aliphatic carbocycles. The van der Waals surface area contributed by atoms with Crippen molar-refractivity contribution in [2.45, 2.75) is 51.6 Å². The number of nitrogens with one attached hydrogen (secondary N) is 1. The SMILES string of the molecule is CCC(CCNC(=O)Cn1c(Cc2cccc3ccccc23)nc2ccccc21)N1CCCC1=O. The number of imidazole rings is 1. The molecule has 1 aromatic heterocycles. The fraction of sp³-hybridized carbons (Fsp3) is 0.345. The lowest BCUT2D eigenvalue weighted by atomic mass is 10.0. The second kappa shape index (κ2) is 10.3. The molecule has 2 heterocycles. The molecule has 6 heteroatoms. The van der Waals surface area contributed by atoms with Gasteiger partial charge in [0.25, 0.3) is 0 Å². The van der Waals surface area contributed by atoms with E-state index in [1.165, 1.54) is 16.3 Å². The molecule has 3 aromatic carbocycles. The molecule has 35 heavy (non-hydrogen) atoms. The van der Waals surface area contributed by atoms with Crippen LogP contribution >= 0.6 is 0 Å². The first-order chi connectivity index (χ1) is 17.1. The average molecular weight is 469 g/mol. The summed E-state index contributed by atoms with van der Waals surface area (Å²) in [6.07, 6.45) is 3.92. The molecular formula is C29H32N4O2. The molecular weight excluding hydrogens is 436 g/mol. The van der Waals surface area contributed by atoms with Crippen LogP contribution in [-0.4, -0.2) is 45.4 Å². The van der Waals surface area contributed by atoms with Crippen LogP contribution in [-0.2, 0) is 22.6 Å². The van der Waals surface area contributed by atoms with Gasteiger partial charge in [-0.1, -0.05) is 61.5 Å². The third kappa shape index (κ3) is 4.92. The first-order valence-corrected chi connectivity index (χ1v) is 12.6. The normalized spacial score (nSPS) is 14.7. The molecule has 0 spiro atoms. The highest BCUT2D eigenvalue weighted by Crippen LogP contribution is 2.24. The lowest BCUT2D eigenvalue weighted by molar-refractivity contribution is -0.129. The Kier molecular flexibility index (Phi) is 6.80. The van der Waals surface area contributed by atoms with E-state index in [1.54, 1.807) is 0 Å². The summed E-state index contributed by atoms with van der Waals surface area (Å²) in [5.74, 6) is 1.09. The van der Waals surface area contributed by atoms with E-state index in [0.717, 1.165) is 42.7 Å². The fourth-order valence-corrected chi connectivity index (χ4v) is 5.27. The molecule has 1 N–H and O–H groups in total. The largest absolute Gasteiger partial charge is 0.354 e. The predicted molar refractivity (Wildman–Crippen MR) is 139 cm³/mol. The zero-order valence-electron chi connectivity index (χ0n) is 20.2. The summed E-state index contributed by atoms with van der Waals surface area (Å²) < 4.78 is 2.04. The maximum absolute atomic E-state index is 13.0. The number of rotatable bonds is 9. The van der Waals surface area contributed by atoms with Crippen LogP contribution in [0.5, 0.6) is 0 Å². The van der Waals surface area contributed by atoms with Crippen LogP contribution < -0.4 is 5.32 Å². The molecule has 0 saturated carbocycles. The Hall–Kier alpha value is -3.67. The van der Waals surface area contributed by atoms with Crippen molar-refractivity contribution < 1.29 is 9.59 Å². The van der Waals surface area contributed by atoms with E-state index in [4.69, 9.17) is 4.98 Å². The molecule has 5 rings (SSSR count). The summed E-state index contributed by atoms with van der Waals surface area (Å²) >= 11 is 0. The minimum Gasteiger partial charge on any atom is -0.354 e. The second-order valence-electron chi connectivity index (χ2n) is 9.31. The number of amides is 2. The summed E-state index contributed by atoms with van der Waals surface area (Å²) in [6, 6.07) is 22.9. The van der Waals surface area contributed by atoms with Crippen LogP contribution in [0.4, 0.5) is 0 Å².